The molecule has 1 aliphatic heterocycles. The molecule has 0 atom stereocenters. The molecule has 0 aliphatic carbocycles. The van der Waals surface area contributed by atoms with Gasteiger partial charge in [-0.15, -0.1) is 0 Å². The van der Waals surface area contributed by atoms with E-state index < -0.39 is 5.92 Å². The Labute approximate surface area is 143 Å². The Kier molecular flexibility index (Phi) is 5.82. The Bertz CT molecular complexity index is 744. The number of nitrogens with zero attached hydrogens (tertiary/aromatic N) is 3. The Morgan fingerprint density at radius 3 is 2.46 bits per heavy atom. The smallest absolute Gasteiger partial charge is 0.146 e. The van der Waals surface area contributed by atoms with Crippen LogP contribution in [0.15, 0.2) is 59.2 Å². The van der Waals surface area contributed by atoms with Crippen molar-refractivity contribution in [1.29, 1.82) is 10.5 Å². The Morgan fingerprint density at radius 1 is 1.25 bits per heavy atom. The lowest BCUT2D eigenvalue weighted by molar-refractivity contribution is 0.278. The molecule has 1 aromatic rings. The third-order valence-electron chi connectivity index (χ3n) is 3.89. The summed E-state index contributed by atoms with van der Waals surface area (Å²) < 4.78 is 6.00. The van der Waals surface area contributed by atoms with E-state index in [-0.39, 0.29) is 0 Å². The minimum atomic E-state index is -0.623. The fraction of sp³-hybridized carbons (Fsp3) is 0.300. The fourth-order valence-corrected chi connectivity index (χ4v) is 2.52. The van der Waals surface area contributed by atoms with Crippen molar-refractivity contribution in [3.05, 3.63) is 64.8 Å². The summed E-state index contributed by atoms with van der Waals surface area (Å²) in [4.78, 5) is 2.02. The van der Waals surface area contributed by atoms with Gasteiger partial charge in [0.25, 0.3) is 0 Å². The van der Waals surface area contributed by atoms with Gasteiger partial charge >= 0.3 is 0 Å². The molecule has 0 aromatic heterocycles. The van der Waals surface area contributed by atoms with Crippen LogP contribution in [-0.4, -0.2) is 19.0 Å². The van der Waals surface area contributed by atoms with Crippen LogP contribution in [0, 0.1) is 28.6 Å². The summed E-state index contributed by atoms with van der Waals surface area (Å²) in [7, 11) is 3.96. The van der Waals surface area contributed by atoms with Gasteiger partial charge in [-0.25, -0.2) is 0 Å². The van der Waals surface area contributed by atoms with E-state index in [1.165, 1.54) is 0 Å². The average Bonchev–Trinajstić information content (AvgIpc) is 2.59. The van der Waals surface area contributed by atoms with Crippen molar-refractivity contribution >= 4 is 6.08 Å². The number of nitriles is 2. The van der Waals surface area contributed by atoms with Crippen LogP contribution in [-0.2, 0) is 4.74 Å². The van der Waals surface area contributed by atoms with Crippen molar-refractivity contribution in [2.45, 2.75) is 19.8 Å². The van der Waals surface area contributed by atoms with Gasteiger partial charge in [0, 0.05) is 20.5 Å². The van der Waals surface area contributed by atoms with Crippen LogP contribution >= 0.6 is 0 Å². The second kappa shape index (κ2) is 8.04. The zero-order valence-corrected chi connectivity index (χ0v) is 14.3. The summed E-state index contributed by atoms with van der Waals surface area (Å²) in [5.41, 5.74) is 3.09. The Morgan fingerprint density at radius 2 is 1.92 bits per heavy atom. The lowest BCUT2D eigenvalue weighted by Crippen LogP contribution is -2.16. The second-order valence-electron chi connectivity index (χ2n) is 5.88. The summed E-state index contributed by atoms with van der Waals surface area (Å²) in [6.45, 7) is 1.89. The minimum Gasteiger partial charge on any atom is -0.460 e. The van der Waals surface area contributed by atoms with Gasteiger partial charge in [0.15, 0.2) is 0 Å². The van der Waals surface area contributed by atoms with E-state index in [0.717, 1.165) is 28.4 Å². The number of hydrogen-bond acceptors (Lipinski definition) is 4. The highest BCUT2D eigenvalue weighted by molar-refractivity contribution is 5.57. The number of benzene rings is 1. The summed E-state index contributed by atoms with van der Waals surface area (Å²) in [5.74, 6) is 0.959. The normalized spacial score (nSPS) is 14.6. The van der Waals surface area contributed by atoms with Gasteiger partial charge in [-0.1, -0.05) is 30.3 Å². The van der Waals surface area contributed by atoms with Gasteiger partial charge in [0.1, 0.15) is 17.4 Å². The van der Waals surface area contributed by atoms with E-state index >= 15 is 0 Å². The first-order chi connectivity index (χ1) is 11.5. The lowest BCUT2D eigenvalue weighted by atomic mass is 9.96. The van der Waals surface area contributed by atoms with Crippen molar-refractivity contribution in [3.8, 4) is 12.1 Å². The van der Waals surface area contributed by atoms with Crippen molar-refractivity contribution in [2.24, 2.45) is 5.92 Å². The Balaban J connectivity index is 2.21. The maximum absolute atomic E-state index is 8.95. The second-order valence-corrected chi connectivity index (χ2v) is 5.88. The molecule has 0 fully saturated rings. The van der Waals surface area contributed by atoms with Crippen LogP contribution in [0.2, 0.25) is 0 Å². The highest BCUT2D eigenvalue weighted by Gasteiger charge is 2.19. The molecule has 0 N–H and O–H groups in total. The molecular weight excluding hydrogens is 298 g/mol. The first kappa shape index (κ1) is 17.4. The zero-order valence-electron chi connectivity index (χ0n) is 14.3. The van der Waals surface area contributed by atoms with E-state index in [1.54, 1.807) is 0 Å². The molecule has 0 spiro atoms. The Hall–Kier alpha value is -2.98. The molecule has 0 bridgehead atoms. The molecule has 122 valence electrons. The summed E-state index contributed by atoms with van der Waals surface area (Å²) >= 11 is 0. The van der Waals surface area contributed by atoms with Crippen molar-refractivity contribution in [1.82, 2.24) is 4.90 Å². The highest BCUT2D eigenvalue weighted by Crippen LogP contribution is 2.31. The third-order valence-corrected chi connectivity index (χ3v) is 3.89. The first-order valence-electron chi connectivity index (χ1n) is 7.85. The first-order valence-corrected chi connectivity index (χ1v) is 7.85. The van der Waals surface area contributed by atoms with Crippen LogP contribution in [0.1, 0.15) is 25.3 Å². The van der Waals surface area contributed by atoms with E-state index in [4.69, 9.17) is 15.3 Å². The molecule has 1 aliphatic rings. The molecule has 2 rings (SSSR count). The number of hydrogen-bond donors (Lipinski definition) is 0. The van der Waals surface area contributed by atoms with Crippen LogP contribution in [0.3, 0.4) is 0 Å². The highest BCUT2D eigenvalue weighted by atomic mass is 16.5. The summed E-state index contributed by atoms with van der Waals surface area (Å²) in [6.07, 6.45) is 5.23. The summed E-state index contributed by atoms with van der Waals surface area (Å²) in [5, 5.41) is 17.9. The predicted octanol–water partition coefficient (Wildman–Crippen LogP) is 4.22. The lowest BCUT2D eigenvalue weighted by Gasteiger charge is -2.25. The van der Waals surface area contributed by atoms with Gasteiger partial charge in [-0.2, -0.15) is 10.5 Å². The van der Waals surface area contributed by atoms with Crippen molar-refractivity contribution in [3.63, 3.8) is 0 Å². The third kappa shape index (κ3) is 4.27. The topological polar surface area (TPSA) is 60.0 Å². The van der Waals surface area contributed by atoms with E-state index in [0.29, 0.717) is 12.8 Å². The van der Waals surface area contributed by atoms with Crippen molar-refractivity contribution < 1.29 is 4.74 Å². The van der Waals surface area contributed by atoms with Crippen LogP contribution in [0.4, 0.5) is 0 Å². The number of rotatable bonds is 5. The monoisotopic (exact) mass is 319 g/mol. The van der Waals surface area contributed by atoms with Crippen LogP contribution in [0.5, 0.6) is 0 Å². The fourth-order valence-electron chi connectivity index (χ4n) is 2.52. The number of ether oxygens (including phenoxy) is 1. The molecule has 1 heterocycles. The van der Waals surface area contributed by atoms with Gasteiger partial charge in [0.2, 0.25) is 0 Å². The van der Waals surface area contributed by atoms with Crippen molar-refractivity contribution in [2.75, 3.05) is 14.1 Å². The maximum Gasteiger partial charge on any atom is 0.146 e. The van der Waals surface area contributed by atoms with E-state index in [2.05, 4.69) is 6.08 Å². The van der Waals surface area contributed by atoms with Crippen LogP contribution < -0.4 is 0 Å². The maximum atomic E-state index is 8.95. The molecule has 24 heavy (non-hydrogen) atoms. The minimum absolute atomic E-state index is 0.433. The van der Waals surface area contributed by atoms with Crippen LogP contribution in [0.25, 0.3) is 6.08 Å². The number of allylic oxidation sites excluding steroid dienone is 3. The summed E-state index contributed by atoms with van der Waals surface area (Å²) in [6, 6.07) is 14.1. The molecular formula is C20H21N3O. The molecule has 0 unspecified atom stereocenters. The molecule has 0 amide bonds. The van der Waals surface area contributed by atoms with Gasteiger partial charge in [-0.05, 0) is 36.6 Å². The molecule has 4 nitrogen and oxygen atoms in total. The predicted molar refractivity (Wildman–Crippen MR) is 93.9 cm³/mol. The van der Waals surface area contributed by atoms with Gasteiger partial charge in [-0.3, -0.25) is 0 Å². The standard InChI is InChI=1S/C20H21N3O/c1-15-18(11-17(13-21)14-22)9-10-20(24-15)19(23(2)3)12-16-7-5-4-6-8-16/h4-8,10,12,17H,9,11H2,1-3H3. The zero-order chi connectivity index (χ0) is 17.5. The van der Waals surface area contributed by atoms with E-state index in [1.807, 2.05) is 74.5 Å². The largest absolute Gasteiger partial charge is 0.460 e. The quantitative estimate of drug-likeness (QED) is 0.815. The SMILES string of the molecule is CC1=C(CC(C#N)C#N)CC=C(C(=Cc2ccccc2)N(C)C)O1. The van der Waals surface area contributed by atoms with Gasteiger partial charge in [0.05, 0.1) is 17.8 Å². The molecule has 0 radical (unpaired) electrons. The molecule has 0 saturated carbocycles. The molecule has 4 heteroatoms. The van der Waals surface area contributed by atoms with Gasteiger partial charge < -0.3 is 9.64 Å². The molecule has 0 saturated heterocycles. The molecule has 1 aromatic carbocycles. The number of likely N-dealkylation sites (N-methyl/N-ethyl adjacent to an activating group) is 1. The average molecular weight is 319 g/mol. The van der Waals surface area contributed by atoms with E-state index in [9.17, 15) is 0 Å².